The second kappa shape index (κ2) is 23.0. The van der Waals surface area contributed by atoms with Gasteiger partial charge >= 0.3 is 0 Å². The molecule has 0 saturated carbocycles. The van der Waals surface area contributed by atoms with Crippen LogP contribution in [0.4, 0.5) is 34.1 Å². The van der Waals surface area contributed by atoms with Gasteiger partial charge in [-0.15, -0.1) is 0 Å². The van der Waals surface area contributed by atoms with Gasteiger partial charge in [-0.05, 0) is 111 Å². The van der Waals surface area contributed by atoms with Gasteiger partial charge in [0.15, 0.2) is 11.6 Å². The average molecular weight is 1050 g/mol. The van der Waals surface area contributed by atoms with E-state index in [0.717, 1.165) is 0 Å². The second-order valence-corrected chi connectivity index (χ2v) is 17.4. The van der Waals surface area contributed by atoms with Crippen molar-refractivity contribution < 1.29 is 28.8 Å². The van der Waals surface area contributed by atoms with Crippen molar-refractivity contribution in [1.29, 1.82) is 0 Å². The number of halogens is 8. The molecule has 0 bridgehead atoms. The van der Waals surface area contributed by atoms with Crippen molar-refractivity contribution in [2.75, 3.05) is 21.3 Å². The number of hydrogen-bond acceptors (Lipinski definition) is 10. The van der Waals surface area contributed by atoms with E-state index >= 15 is 0 Å². The van der Waals surface area contributed by atoms with Crippen molar-refractivity contribution in [3.8, 4) is 0 Å². The fourth-order valence-electron chi connectivity index (χ4n) is 5.98. The van der Waals surface area contributed by atoms with Crippen molar-refractivity contribution >= 4 is 162 Å². The Kier molecular flexibility index (Phi) is 18.1. The minimum absolute atomic E-state index is 0.0667. The van der Waals surface area contributed by atoms with Gasteiger partial charge < -0.3 is 21.3 Å². The number of nitrogens with zero attached hydrogens (tertiary/aromatic N) is 4. The topological polar surface area (TPSA) is 200 Å². The van der Waals surface area contributed by atoms with E-state index in [2.05, 4.69) is 41.7 Å². The first-order valence-electron chi connectivity index (χ1n) is 19.3. The van der Waals surface area contributed by atoms with Gasteiger partial charge in [-0.3, -0.25) is 28.8 Å². The van der Waals surface area contributed by atoms with Crippen LogP contribution in [0.5, 0.6) is 0 Å². The Labute approximate surface area is 417 Å². The molecule has 342 valence electrons. The van der Waals surface area contributed by atoms with Gasteiger partial charge in [-0.2, -0.15) is 20.5 Å². The van der Waals surface area contributed by atoms with Crippen molar-refractivity contribution in [3.05, 3.63) is 135 Å². The van der Waals surface area contributed by atoms with E-state index in [1.165, 1.54) is 74.5 Å². The van der Waals surface area contributed by atoms with Gasteiger partial charge in [0.1, 0.15) is 0 Å². The van der Waals surface area contributed by atoms with Gasteiger partial charge in [-0.1, -0.05) is 107 Å². The summed E-state index contributed by atoms with van der Waals surface area (Å²) in [5.41, 5.74) is 2.55. The fraction of sp³-hybridized carbons (Fsp3) is 0.182. The molecular formula is C44H34Cl8N8O6. The third-order valence-electron chi connectivity index (χ3n) is 9.22. The lowest BCUT2D eigenvalue weighted by molar-refractivity contribution is -0.127. The molecule has 66 heavy (non-hydrogen) atoms. The predicted octanol–water partition coefficient (Wildman–Crippen LogP) is 13.9. The highest BCUT2D eigenvalue weighted by Gasteiger charge is 2.27. The maximum atomic E-state index is 13.6. The Hall–Kier alpha value is -5.16. The minimum atomic E-state index is -1.61. The first-order valence-corrected chi connectivity index (χ1v) is 22.3. The summed E-state index contributed by atoms with van der Waals surface area (Å²) in [7, 11) is 0. The van der Waals surface area contributed by atoms with Gasteiger partial charge in [0, 0.05) is 43.9 Å². The lowest BCUT2D eigenvalue weighted by atomic mass is 10.0. The third-order valence-corrected chi connectivity index (χ3v) is 12.1. The normalized spacial score (nSPS) is 12.2. The van der Waals surface area contributed by atoms with Crippen molar-refractivity contribution in [3.63, 3.8) is 0 Å². The number of amides is 4. The summed E-state index contributed by atoms with van der Waals surface area (Å²) in [4.78, 5) is 78.8. The van der Waals surface area contributed by atoms with Crippen LogP contribution in [0.15, 0.2) is 93.3 Å². The molecule has 0 aliphatic heterocycles. The smallest absolute Gasteiger partial charge is 0.258 e. The molecule has 0 aliphatic carbocycles. The molecule has 0 heterocycles. The quantitative estimate of drug-likeness (QED) is 0.0430. The van der Waals surface area contributed by atoms with Crippen LogP contribution in [0, 0.1) is 0 Å². The maximum Gasteiger partial charge on any atom is 0.258 e. The zero-order valence-electron chi connectivity index (χ0n) is 34.8. The van der Waals surface area contributed by atoms with Crippen LogP contribution in [-0.4, -0.2) is 47.3 Å². The van der Waals surface area contributed by atoms with Crippen molar-refractivity contribution in [1.82, 2.24) is 0 Å². The van der Waals surface area contributed by atoms with Crippen LogP contribution in [0.3, 0.4) is 0 Å². The molecular weight excluding hydrogens is 1020 g/mol. The Balaban J connectivity index is 1.31. The van der Waals surface area contributed by atoms with Gasteiger partial charge in [-0.25, -0.2) is 0 Å². The number of nitrogens with one attached hydrogen (secondary N) is 4. The van der Waals surface area contributed by atoms with Crippen LogP contribution >= 0.6 is 92.8 Å². The van der Waals surface area contributed by atoms with E-state index in [9.17, 15) is 28.8 Å². The van der Waals surface area contributed by atoms with Gasteiger partial charge in [0.2, 0.25) is 12.1 Å². The largest absolute Gasteiger partial charge is 0.323 e. The Morgan fingerprint density at radius 1 is 0.470 bits per heavy atom. The summed E-state index contributed by atoms with van der Waals surface area (Å²) in [5.74, 6) is -4.11. The lowest BCUT2D eigenvalue weighted by Gasteiger charge is -2.18. The number of carbonyl (C=O) groups is 6. The van der Waals surface area contributed by atoms with Crippen molar-refractivity contribution in [2.24, 2.45) is 20.5 Å². The maximum absolute atomic E-state index is 13.6. The summed E-state index contributed by atoms with van der Waals surface area (Å²) in [5, 5.41) is 27.8. The molecule has 0 spiro atoms. The highest BCUT2D eigenvalue weighted by molar-refractivity contribution is 6.49. The molecule has 5 aromatic carbocycles. The summed E-state index contributed by atoms with van der Waals surface area (Å²) in [6.07, 6.45) is 0.713. The number of anilines is 4. The Bertz CT molecular complexity index is 2620. The molecule has 2 atom stereocenters. The van der Waals surface area contributed by atoms with E-state index < -0.39 is 47.3 Å². The zero-order valence-corrected chi connectivity index (χ0v) is 40.8. The molecule has 0 saturated heterocycles. The van der Waals surface area contributed by atoms with Crippen LogP contribution in [0.2, 0.25) is 40.2 Å². The van der Waals surface area contributed by atoms with E-state index in [1.54, 1.807) is 26.0 Å². The number of azo groups is 2. The van der Waals surface area contributed by atoms with Crippen LogP contribution in [0.25, 0.3) is 0 Å². The third kappa shape index (κ3) is 13.5. The van der Waals surface area contributed by atoms with Gasteiger partial charge in [0.05, 0.1) is 41.5 Å². The molecule has 5 rings (SSSR count). The summed E-state index contributed by atoms with van der Waals surface area (Å²) in [6.45, 7) is 5.94. The molecule has 0 aromatic heterocycles. The monoisotopic (exact) mass is 1050 g/mol. The van der Waals surface area contributed by atoms with Crippen LogP contribution < -0.4 is 21.3 Å². The first kappa shape index (κ1) is 51.8. The number of rotatable bonds is 16. The Morgan fingerprint density at radius 3 is 1.11 bits per heavy atom. The number of aryl methyl sites for hydroxylation is 2. The summed E-state index contributed by atoms with van der Waals surface area (Å²) < 4.78 is 0. The number of Topliss-reactive ketones (excluding diaryl/α,β-unsaturated/α-hetero) is 2. The van der Waals surface area contributed by atoms with E-state index in [0.29, 0.717) is 35.3 Å². The average Bonchev–Trinajstić information content (AvgIpc) is 3.24. The highest BCUT2D eigenvalue weighted by Crippen LogP contribution is 2.35. The number of hydrogen-bond donors (Lipinski definition) is 4. The zero-order chi connectivity index (χ0) is 48.6. The van der Waals surface area contributed by atoms with E-state index in [4.69, 9.17) is 92.8 Å². The number of benzene rings is 5. The van der Waals surface area contributed by atoms with Crippen molar-refractivity contribution in [2.45, 2.75) is 52.6 Å². The summed E-state index contributed by atoms with van der Waals surface area (Å²) in [6, 6.07) is 13.9. The Morgan fingerprint density at radius 2 is 0.803 bits per heavy atom. The number of ketones is 2. The molecule has 0 radical (unpaired) electrons. The molecule has 4 N–H and O–H groups in total. The standard InChI is InChI=1S/C44H34Cl8N8O6/c1-5-21-11-36(56-44(66)40(20(4)62)60-58-30-10-24(8-26(46)14-30)42(64)54-28-17-33(49)38(52)34(50)18-28)22(6-2)12-35(21)55-43(65)39(19(3)61)59-57-29-9-23(7-25(45)13-29)41(63)53-27-15-31(47)37(51)32(48)16-27/h7-18,39-40H,5-6H2,1-4H3,(H,53,63)(H,54,64)(H,55,65)(H,56,66). The van der Waals surface area contributed by atoms with E-state index in [-0.39, 0.29) is 74.1 Å². The predicted molar refractivity (Wildman–Crippen MR) is 262 cm³/mol. The molecule has 22 heteroatoms. The fourth-order valence-corrected chi connectivity index (χ4v) is 7.63. The molecule has 4 amide bonds. The number of carbonyl (C=O) groups excluding carboxylic acids is 6. The van der Waals surface area contributed by atoms with Crippen LogP contribution in [-0.2, 0) is 32.0 Å². The minimum Gasteiger partial charge on any atom is -0.323 e. The molecule has 5 aromatic rings. The molecule has 2 unspecified atom stereocenters. The van der Waals surface area contributed by atoms with Gasteiger partial charge in [0.25, 0.3) is 23.6 Å². The SMILES string of the molecule is CCc1cc(NC(=O)C(N=Nc2cc(Cl)cc(C(=O)Nc3cc(Cl)c(Cl)c(Cl)c3)c2)C(C)=O)c(CC)cc1NC(=O)C(N=Nc1cc(Cl)cc(C(=O)Nc2cc(Cl)c(Cl)c(Cl)c2)c1)C(C)=O. The molecule has 0 aliphatic rings. The molecule has 0 fully saturated rings. The van der Waals surface area contributed by atoms with Crippen LogP contribution in [0.1, 0.15) is 59.5 Å². The van der Waals surface area contributed by atoms with E-state index in [1.807, 2.05) is 0 Å². The highest BCUT2D eigenvalue weighted by atomic mass is 35.5. The second-order valence-electron chi connectivity index (χ2n) is 14.1. The molecule has 14 nitrogen and oxygen atoms in total. The summed E-state index contributed by atoms with van der Waals surface area (Å²) >= 11 is 48.9. The first-order chi connectivity index (χ1) is 31.2. The lowest BCUT2D eigenvalue weighted by Crippen LogP contribution is -2.33.